The van der Waals surface area contributed by atoms with Crippen molar-refractivity contribution in [3.05, 3.63) is 82.2 Å². The summed E-state index contributed by atoms with van der Waals surface area (Å²) in [4.78, 5) is 25.5. The maximum absolute atomic E-state index is 14.4. The number of anilines is 2. The molecule has 0 fully saturated rings. The molecule has 0 aliphatic rings. The van der Waals surface area contributed by atoms with E-state index in [0.717, 1.165) is 16.7 Å². The van der Waals surface area contributed by atoms with E-state index in [1.54, 1.807) is 6.92 Å². The minimum Gasteiger partial charge on any atom is -0.382 e. The molecular weight excluding hydrogens is 404 g/mol. The summed E-state index contributed by atoms with van der Waals surface area (Å²) in [7, 11) is 0. The molecular formula is C21H15F2N7O. The van der Waals surface area contributed by atoms with Gasteiger partial charge in [0.1, 0.15) is 52.4 Å². The molecule has 0 aliphatic heterocycles. The van der Waals surface area contributed by atoms with Crippen LogP contribution in [-0.4, -0.2) is 19.5 Å². The number of nitriles is 1. The quantitative estimate of drug-likeness (QED) is 0.521. The third-order valence-electron chi connectivity index (χ3n) is 4.67. The fourth-order valence-electron chi connectivity index (χ4n) is 3.25. The van der Waals surface area contributed by atoms with Crippen molar-refractivity contribution in [2.24, 2.45) is 0 Å². The number of nitrogens with one attached hydrogen (secondary N) is 1. The van der Waals surface area contributed by atoms with Crippen molar-refractivity contribution in [1.29, 1.82) is 5.26 Å². The van der Waals surface area contributed by atoms with Crippen molar-refractivity contribution < 1.29 is 8.78 Å². The molecule has 1 atom stereocenters. The monoisotopic (exact) mass is 419 g/mol. The Morgan fingerprint density at radius 2 is 1.97 bits per heavy atom. The SMILES string of the molecule is CC(Nc1ncnc(N)c1C#N)c1nc2cccc(F)c2c(=O)n1-c1cccc(F)c1. The molecule has 8 nitrogen and oxygen atoms in total. The molecule has 4 aromatic rings. The third kappa shape index (κ3) is 3.53. The summed E-state index contributed by atoms with van der Waals surface area (Å²) in [5, 5.41) is 12.1. The molecule has 3 N–H and O–H groups in total. The lowest BCUT2D eigenvalue weighted by molar-refractivity contribution is 0.623. The molecule has 0 spiro atoms. The maximum Gasteiger partial charge on any atom is 0.269 e. The molecule has 0 saturated carbocycles. The molecule has 0 aliphatic carbocycles. The highest BCUT2D eigenvalue weighted by Gasteiger charge is 2.21. The number of rotatable bonds is 4. The van der Waals surface area contributed by atoms with Crippen LogP contribution in [0.2, 0.25) is 0 Å². The summed E-state index contributed by atoms with van der Waals surface area (Å²) in [6.07, 6.45) is 1.19. The molecule has 0 bridgehead atoms. The molecule has 2 heterocycles. The van der Waals surface area contributed by atoms with Crippen LogP contribution in [0.1, 0.15) is 24.4 Å². The molecule has 2 aromatic heterocycles. The summed E-state index contributed by atoms with van der Waals surface area (Å²) in [6.45, 7) is 1.67. The minimum atomic E-state index is -0.734. The third-order valence-corrected chi connectivity index (χ3v) is 4.67. The van der Waals surface area contributed by atoms with Crippen LogP contribution in [0.25, 0.3) is 16.6 Å². The second-order valence-electron chi connectivity index (χ2n) is 6.68. The highest BCUT2D eigenvalue weighted by Crippen LogP contribution is 2.24. The first kappa shape index (κ1) is 19.9. The van der Waals surface area contributed by atoms with Crippen LogP contribution in [0.3, 0.4) is 0 Å². The van der Waals surface area contributed by atoms with Crippen molar-refractivity contribution in [3.63, 3.8) is 0 Å². The Kier molecular flexibility index (Phi) is 5.00. The fraction of sp³-hybridized carbons (Fsp3) is 0.0952. The van der Waals surface area contributed by atoms with E-state index in [1.165, 1.54) is 36.7 Å². The van der Waals surface area contributed by atoms with E-state index in [4.69, 9.17) is 5.73 Å². The van der Waals surface area contributed by atoms with E-state index in [9.17, 15) is 18.8 Å². The molecule has 4 rings (SSSR count). The van der Waals surface area contributed by atoms with Gasteiger partial charge in [-0.3, -0.25) is 9.36 Å². The van der Waals surface area contributed by atoms with E-state index in [2.05, 4.69) is 20.3 Å². The highest BCUT2D eigenvalue weighted by molar-refractivity contribution is 5.78. The molecule has 31 heavy (non-hydrogen) atoms. The number of halogens is 2. The number of hydrogen-bond acceptors (Lipinski definition) is 7. The lowest BCUT2D eigenvalue weighted by atomic mass is 10.2. The summed E-state index contributed by atoms with van der Waals surface area (Å²) in [5.74, 6) is -1.01. The van der Waals surface area contributed by atoms with Gasteiger partial charge in [0, 0.05) is 0 Å². The largest absolute Gasteiger partial charge is 0.382 e. The van der Waals surface area contributed by atoms with Crippen molar-refractivity contribution in [3.8, 4) is 11.8 Å². The van der Waals surface area contributed by atoms with E-state index < -0.39 is 23.2 Å². The van der Waals surface area contributed by atoms with Crippen molar-refractivity contribution >= 4 is 22.5 Å². The molecule has 10 heteroatoms. The van der Waals surface area contributed by atoms with Gasteiger partial charge in [-0.25, -0.2) is 23.7 Å². The van der Waals surface area contributed by atoms with Crippen LogP contribution in [-0.2, 0) is 0 Å². The first-order valence-electron chi connectivity index (χ1n) is 9.15. The normalized spacial score (nSPS) is 11.8. The van der Waals surface area contributed by atoms with Crippen molar-refractivity contribution in [2.75, 3.05) is 11.1 Å². The standard InChI is InChI=1S/C21H15F2N7O/c1-11(28-19-14(9-24)18(25)26-10-27-19)20-29-16-7-3-6-15(23)17(16)21(31)30(20)13-5-2-4-12(22)8-13/h2-8,10-11H,1H3,(H3,25,26,27,28). The number of hydrogen-bond donors (Lipinski definition) is 2. The van der Waals surface area contributed by atoms with Gasteiger partial charge < -0.3 is 11.1 Å². The van der Waals surface area contributed by atoms with Crippen LogP contribution in [0.15, 0.2) is 53.6 Å². The molecule has 1 unspecified atom stereocenters. The fourth-order valence-corrected chi connectivity index (χ4v) is 3.25. The van der Waals surface area contributed by atoms with Gasteiger partial charge >= 0.3 is 0 Å². The number of nitrogen functional groups attached to an aromatic ring is 1. The van der Waals surface area contributed by atoms with Gasteiger partial charge in [0.15, 0.2) is 0 Å². The van der Waals surface area contributed by atoms with Gasteiger partial charge in [0.2, 0.25) is 0 Å². The number of nitrogens with two attached hydrogens (primary N) is 1. The van der Waals surface area contributed by atoms with Crippen LogP contribution in [0.4, 0.5) is 20.4 Å². The van der Waals surface area contributed by atoms with Crippen LogP contribution in [0.5, 0.6) is 0 Å². The lowest BCUT2D eigenvalue weighted by Gasteiger charge is -2.20. The van der Waals surface area contributed by atoms with E-state index >= 15 is 0 Å². The molecule has 2 aromatic carbocycles. The predicted octanol–water partition coefficient (Wildman–Crippen LogP) is 3.08. The van der Waals surface area contributed by atoms with Crippen LogP contribution >= 0.6 is 0 Å². The minimum absolute atomic E-state index is 0.0109. The Labute approximate surface area is 174 Å². The summed E-state index contributed by atoms with van der Waals surface area (Å²) in [5.41, 5.74) is 5.38. The second-order valence-corrected chi connectivity index (χ2v) is 6.68. The van der Waals surface area contributed by atoms with E-state index in [-0.39, 0.29) is 39.6 Å². The Morgan fingerprint density at radius 3 is 2.71 bits per heavy atom. The van der Waals surface area contributed by atoms with Gasteiger partial charge in [-0.05, 0) is 37.3 Å². The van der Waals surface area contributed by atoms with Crippen molar-refractivity contribution in [1.82, 2.24) is 19.5 Å². The van der Waals surface area contributed by atoms with E-state index in [0.29, 0.717) is 0 Å². The first-order chi connectivity index (χ1) is 14.9. The average Bonchev–Trinajstić information content (AvgIpc) is 2.73. The van der Waals surface area contributed by atoms with Crippen LogP contribution < -0.4 is 16.6 Å². The summed E-state index contributed by atoms with van der Waals surface area (Å²) >= 11 is 0. The van der Waals surface area contributed by atoms with Gasteiger partial charge in [0.25, 0.3) is 5.56 Å². The van der Waals surface area contributed by atoms with Gasteiger partial charge in [-0.2, -0.15) is 5.26 Å². The zero-order valence-electron chi connectivity index (χ0n) is 16.2. The first-order valence-corrected chi connectivity index (χ1v) is 9.15. The summed E-state index contributed by atoms with van der Waals surface area (Å²) in [6, 6.07) is 10.7. The zero-order valence-corrected chi connectivity index (χ0v) is 16.2. The number of benzene rings is 2. The topological polar surface area (TPSA) is 123 Å². The molecule has 154 valence electrons. The zero-order chi connectivity index (χ0) is 22.1. The number of aromatic nitrogens is 4. The second kappa shape index (κ2) is 7.79. The van der Waals surface area contributed by atoms with Gasteiger partial charge in [-0.15, -0.1) is 0 Å². The van der Waals surface area contributed by atoms with Gasteiger partial charge in [0.05, 0.1) is 17.2 Å². The Bertz CT molecular complexity index is 1410. The maximum atomic E-state index is 14.4. The van der Waals surface area contributed by atoms with Crippen LogP contribution in [0, 0.1) is 23.0 Å². The van der Waals surface area contributed by atoms with E-state index in [1.807, 2.05) is 6.07 Å². The summed E-state index contributed by atoms with van der Waals surface area (Å²) < 4.78 is 29.5. The average molecular weight is 419 g/mol. The number of fused-ring (bicyclic) bond motifs is 1. The number of nitrogens with zero attached hydrogens (tertiary/aromatic N) is 5. The highest BCUT2D eigenvalue weighted by atomic mass is 19.1. The lowest BCUT2D eigenvalue weighted by Crippen LogP contribution is -2.28. The molecule has 0 amide bonds. The Morgan fingerprint density at radius 1 is 1.19 bits per heavy atom. The van der Waals surface area contributed by atoms with Crippen molar-refractivity contribution in [2.45, 2.75) is 13.0 Å². The molecule has 0 saturated heterocycles. The molecule has 0 radical (unpaired) electrons. The smallest absolute Gasteiger partial charge is 0.269 e. The van der Waals surface area contributed by atoms with Gasteiger partial charge in [-0.1, -0.05) is 12.1 Å². The predicted molar refractivity (Wildman–Crippen MR) is 110 cm³/mol. The Hall–Kier alpha value is -4.39. The Balaban J connectivity index is 1.95.